The fourth-order valence-corrected chi connectivity index (χ4v) is 3.03. The van der Waals surface area contributed by atoms with Gasteiger partial charge in [-0.3, -0.25) is 4.79 Å². The standard InChI is InChI=1S/C23H24F2N2O5/c1-29-17-6-4-16(5-7-17)20-14-27-22(31-20)10-9-21(28)26-12-11-15-3-8-18(30-2)19(13-15)32-23(24)25/h3-8,13-14,23H,9-12H2,1-2H3,(H,26,28). The maximum absolute atomic E-state index is 12.5. The molecule has 0 saturated carbocycles. The number of halogens is 2. The van der Waals surface area contributed by atoms with E-state index in [-0.39, 0.29) is 23.8 Å². The quantitative estimate of drug-likeness (QED) is 0.474. The van der Waals surface area contributed by atoms with Gasteiger partial charge in [-0.05, 0) is 48.4 Å². The van der Waals surface area contributed by atoms with Gasteiger partial charge in [-0.1, -0.05) is 6.07 Å². The number of aryl methyl sites for hydroxylation is 1. The fourth-order valence-electron chi connectivity index (χ4n) is 3.03. The van der Waals surface area contributed by atoms with Gasteiger partial charge in [-0.2, -0.15) is 8.78 Å². The van der Waals surface area contributed by atoms with Crippen LogP contribution in [-0.4, -0.2) is 38.3 Å². The van der Waals surface area contributed by atoms with Gasteiger partial charge in [-0.15, -0.1) is 0 Å². The van der Waals surface area contributed by atoms with E-state index in [1.165, 1.54) is 13.2 Å². The highest BCUT2D eigenvalue weighted by atomic mass is 19.3. The molecule has 0 aliphatic carbocycles. The molecule has 32 heavy (non-hydrogen) atoms. The molecular formula is C23H24F2N2O5. The second kappa shape index (κ2) is 11.1. The number of aromatic nitrogens is 1. The number of carbonyl (C=O) groups excluding carboxylic acids is 1. The van der Waals surface area contributed by atoms with Crippen LogP contribution in [0.4, 0.5) is 8.78 Å². The first-order chi connectivity index (χ1) is 15.5. The van der Waals surface area contributed by atoms with Crippen molar-refractivity contribution in [2.24, 2.45) is 0 Å². The molecule has 0 unspecified atom stereocenters. The first-order valence-corrected chi connectivity index (χ1v) is 9.96. The van der Waals surface area contributed by atoms with E-state index in [1.54, 1.807) is 25.4 Å². The van der Waals surface area contributed by atoms with Crippen LogP contribution in [0.25, 0.3) is 11.3 Å². The van der Waals surface area contributed by atoms with Gasteiger partial charge in [0.25, 0.3) is 0 Å². The minimum absolute atomic E-state index is 0.0390. The van der Waals surface area contributed by atoms with Crippen molar-refractivity contribution >= 4 is 5.91 Å². The number of nitrogens with zero attached hydrogens (tertiary/aromatic N) is 1. The van der Waals surface area contributed by atoms with E-state index in [4.69, 9.17) is 13.9 Å². The lowest BCUT2D eigenvalue weighted by Crippen LogP contribution is -2.25. The van der Waals surface area contributed by atoms with Gasteiger partial charge in [0.2, 0.25) is 5.91 Å². The van der Waals surface area contributed by atoms with E-state index in [0.29, 0.717) is 31.0 Å². The Morgan fingerprint density at radius 2 is 1.84 bits per heavy atom. The average molecular weight is 446 g/mol. The summed E-state index contributed by atoms with van der Waals surface area (Å²) in [6.45, 7) is -2.60. The number of alkyl halides is 2. The first-order valence-electron chi connectivity index (χ1n) is 9.96. The summed E-state index contributed by atoms with van der Waals surface area (Å²) in [5, 5.41) is 2.80. The lowest BCUT2D eigenvalue weighted by molar-refractivity contribution is -0.121. The number of hydrogen-bond donors (Lipinski definition) is 1. The summed E-state index contributed by atoms with van der Waals surface area (Å²) < 4.78 is 45.4. The van der Waals surface area contributed by atoms with Crippen LogP contribution in [0.2, 0.25) is 0 Å². The largest absolute Gasteiger partial charge is 0.497 e. The van der Waals surface area contributed by atoms with Gasteiger partial charge >= 0.3 is 6.61 Å². The molecule has 1 aromatic heterocycles. The molecule has 0 bridgehead atoms. The van der Waals surface area contributed by atoms with Crippen molar-refractivity contribution in [1.29, 1.82) is 0 Å². The molecular weight excluding hydrogens is 422 g/mol. The summed E-state index contributed by atoms with van der Waals surface area (Å²) in [5.74, 6) is 1.85. The number of rotatable bonds is 11. The summed E-state index contributed by atoms with van der Waals surface area (Å²) in [4.78, 5) is 16.3. The highest BCUT2D eigenvalue weighted by Gasteiger charge is 2.12. The summed E-state index contributed by atoms with van der Waals surface area (Å²) >= 11 is 0. The Kier molecular flexibility index (Phi) is 8.02. The van der Waals surface area contributed by atoms with Crippen LogP contribution >= 0.6 is 0 Å². The van der Waals surface area contributed by atoms with Crippen molar-refractivity contribution in [3.05, 3.63) is 60.1 Å². The summed E-state index contributed by atoms with van der Waals surface area (Å²) in [5.41, 5.74) is 1.60. The Labute approximate surface area is 184 Å². The van der Waals surface area contributed by atoms with Gasteiger partial charge < -0.3 is 23.9 Å². The normalized spacial score (nSPS) is 10.8. The first kappa shape index (κ1) is 23.1. The number of carbonyl (C=O) groups is 1. The zero-order chi connectivity index (χ0) is 22.9. The van der Waals surface area contributed by atoms with E-state index in [9.17, 15) is 13.6 Å². The topological polar surface area (TPSA) is 82.8 Å². The van der Waals surface area contributed by atoms with Crippen molar-refractivity contribution in [1.82, 2.24) is 10.3 Å². The number of methoxy groups -OCH3 is 2. The van der Waals surface area contributed by atoms with Gasteiger partial charge in [0, 0.05) is 24.9 Å². The van der Waals surface area contributed by atoms with Crippen LogP contribution in [0, 0.1) is 0 Å². The van der Waals surface area contributed by atoms with Crippen molar-refractivity contribution in [3.8, 4) is 28.6 Å². The molecule has 9 heteroatoms. The Hall–Kier alpha value is -3.62. The van der Waals surface area contributed by atoms with Gasteiger partial charge in [-0.25, -0.2) is 4.98 Å². The van der Waals surface area contributed by atoms with E-state index >= 15 is 0 Å². The maximum Gasteiger partial charge on any atom is 0.387 e. The molecule has 0 saturated heterocycles. The predicted octanol–water partition coefficient (Wildman–Crippen LogP) is 4.25. The second-order valence-electron chi connectivity index (χ2n) is 6.81. The average Bonchev–Trinajstić information content (AvgIpc) is 3.27. The zero-order valence-corrected chi connectivity index (χ0v) is 17.8. The SMILES string of the molecule is COc1ccc(-c2cnc(CCC(=O)NCCc3ccc(OC)c(OC(F)F)c3)o2)cc1. The van der Waals surface area contributed by atoms with Crippen LogP contribution < -0.4 is 19.5 Å². The number of amides is 1. The Morgan fingerprint density at radius 1 is 1.06 bits per heavy atom. The van der Waals surface area contributed by atoms with E-state index < -0.39 is 6.61 Å². The van der Waals surface area contributed by atoms with Crippen molar-refractivity contribution < 1.29 is 32.2 Å². The smallest absolute Gasteiger partial charge is 0.387 e. The van der Waals surface area contributed by atoms with Crippen LogP contribution in [-0.2, 0) is 17.6 Å². The molecule has 3 aromatic rings. The zero-order valence-electron chi connectivity index (χ0n) is 17.8. The van der Waals surface area contributed by atoms with Crippen LogP contribution in [0.15, 0.2) is 53.1 Å². The van der Waals surface area contributed by atoms with Crippen molar-refractivity contribution in [3.63, 3.8) is 0 Å². The molecule has 0 aliphatic heterocycles. The lowest BCUT2D eigenvalue weighted by Gasteiger charge is -2.11. The monoisotopic (exact) mass is 446 g/mol. The second-order valence-corrected chi connectivity index (χ2v) is 6.81. The van der Waals surface area contributed by atoms with Crippen LogP contribution in [0.1, 0.15) is 17.9 Å². The van der Waals surface area contributed by atoms with Crippen molar-refractivity contribution in [2.75, 3.05) is 20.8 Å². The van der Waals surface area contributed by atoms with Gasteiger partial charge in [0.1, 0.15) is 5.75 Å². The summed E-state index contributed by atoms with van der Waals surface area (Å²) in [7, 11) is 2.98. The van der Waals surface area contributed by atoms with E-state index in [2.05, 4.69) is 15.0 Å². The molecule has 3 rings (SSSR count). The molecule has 7 nitrogen and oxygen atoms in total. The molecule has 0 aliphatic rings. The molecule has 1 amide bonds. The van der Waals surface area contributed by atoms with E-state index in [0.717, 1.165) is 16.9 Å². The summed E-state index contributed by atoms with van der Waals surface area (Å²) in [6, 6.07) is 12.2. The minimum atomic E-state index is -2.95. The van der Waals surface area contributed by atoms with Gasteiger partial charge in [0.15, 0.2) is 23.1 Å². The molecule has 0 spiro atoms. The highest BCUT2D eigenvalue weighted by molar-refractivity contribution is 5.76. The van der Waals surface area contributed by atoms with Gasteiger partial charge in [0.05, 0.1) is 20.4 Å². The van der Waals surface area contributed by atoms with Crippen LogP contribution in [0.3, 0.4) is 0 Å². The number of oxazole rings is 1. The number of ether oxygens (including phenoxy) is 3. The molecule has 0 atom stereocenters. The lowest BCUT2D eigenvalue weighted by atomic mass is 10.1. The van der Waals surface area contributed by atoms with E-state index in [1.807, 2.05) is 24.3 Å². The Bertz CT molecular complexity index is 1020. The third kappa shape index (κ3) is 6.44. The predicted molar refractivity (Wildman–Crippen MR) is 113 cm³/mol. The van der Waals surface area contributed by atoms with Crippen LogP contribution in [0.5, 0.6) is 17.2 Å². The molecule has 1 N–H and O–H groups in total. The van der Waals surface area contributed by atoms with Crippen molar-refractivity contribution in [2.45, 2.75) is 25.9 Å². The Balaban J connectivity index is 1.45. The fraction of sp³-hybridized carbons (Fsp3) is 0.304. The number of hydrogen-bond acceptors (Lipinski definition) is 6. The number of nitrogens with one attached hydrogen (secondary N) is 1. The molecule has 1 heterocycles. The third-order valence-electron chi connectivity index (χ3n) is 4.67. The highest BCUT2D eigenvalue weighted by Crippen LogP contribution is 2.29. The summed E-state index contributed by atoms with van der Waals surface area (Å²) in [6.07, 6.45) is 2.65. The third-order valence-corrected chi connectivity index (χ3v) is 4.67. The minimum Gasteiger partial charge on any atom is -0.497 e. The molecule has 2 aromatic carbocycles. The maximum atomic E-state index is 12.5. The molecule has 0 fully saturated rings. The molecule has 170 valence electrons. The Morgan fingerprint density at radius 3 is 2.53 bits per heavy atom. The number of benzene rings is 2. The molecule has 0 radical (unpaired) electrons.